The number of hydrazone groups is 1. The Hall–Kier alpha value is -2.30. The van der Waals surface area contributed by atoms with Crippen molar-refractivity contribution in [1.29, 1.82) is 0 Å². The van der Waals surface area contributed by atoms with E-state index < -0.39 is 0 Å². The largest absolute Gasteiger partial charge is 0.292 e. The number of benzene rings is 1. The van der Waals surface area contributed by atoms with E-state index in [2.05, 4.69) is 57.1 Å². The summed E-state index contributed by atoms with van der Waals surface area (Å²) in [5.41, 5.74) is 3.65. The van der Waals surface area contributed by atoms with Crippen molar-refractivity contribution >= 4 is 24.1 Å². The number of carbonyl (C=O) groups is 2. The Morgan fingerprint density at radius 3 is 2.15 bits per heavy atom. The van der Waals surface area contributed by atoms with Gasteiger partial charge in [0.15, 0.2) is 5.78 Å². The Morgan fingerprint density at radius 1 is 0.962 bits per heavy atom. The van der Waals surface area contributed by atoms with Gasteiger partial charge in [0.2, 0.25) is 0 Å². The zero-order valence-corrected chi connectivity index (χ0v) is 16.8. The minimum absolute atomic E-state index is 0.0882. The minimum atomic E-state index is -0.332. The fourth-order valence-corrected chi connectivity index (χ4v) is 1.90. The van der Waals surface area contributed by atoms with Crippen molar-refractivity contribution in [3.63, 3.8) is 0 Å². The highest BCUT2D eigenvalue weighted by Gasteiger charge is 2.11. The maximum atomic E-state index is 12.2. The molecule has 5 heteroatoms. The molecular formula is C21H31N3O2. The fraction of sp³-hybridized carbons (Fsp3) is 0.524. The molecule has 0 aliphatic carbocycles. The van der Waals surface area contributed by atoms with E-state index in [9.17, 15) is 9.59 Å². The van der Waals surface area contributed by atoms with Crippen LogP contribution in [0.5, 0.6) is 0 Å². The molecule has 1 aromatic rings. The third-order valence-corrected chi connectivity index (χ3v) is 3.48. The first-order chi connectivity index (χ1) is 12.0. The number of hydrogen-bond acceptors (Lipinski definition) is 4. The van der Waals surface area contributed by atoms with Crippen LogP contribution in [0.3, 0.4) is 0 Å². The highest BCUT2D eigenvalue weighted by molar-refractivity contribution is 6.01. The molecule has 0 saturated carbocycles. The lowest BCUT2D eigenvalue weighted by Crippen LogP contribution is -2.19. The van der Waals surface area contributed by atoms with Crippen LogP contribution in [0.4, 0.5) is 0 Å². The lowest BCUT2D eigenvalue weighted by Gasteiger charge is -2.13. The van der Waals surface area contributed by atoms with Gasteiger partial charge in [-0.05, 0) is 42.0 Å². The third-order valence-electron chi connectivity index (χ3n) is 3.48. The number of hydrogen-bond donors (Lipinski definition) is 1. The molecule has 1 N–H and O–H groups in total. The fourth-order valence-electron chi connectivity index (χ4n) is 1.90. The first kappa shape index (κ1) is 21.7. The van der Waals surface area contributed by atoms with Gasteiger partial charge in [-0.2, -0.15) is 5.10 Å². The van der Waals surface area contributed by atoms with Crippen molar-refractivity contribution in [2.45, 2.75) is 54.4 Å². The summed E-state index contributed by atoms with van der Waals surface area (Å²) in [4.78, 5) is 28.6. The van der Waals surface area contributed by atoms with E-state index in [0.29, 0.717) is 11.1 Å². The van der Waals surface area contributed by atoms with Crippen LogP contribution in [0.25, 0.3) is 0 Å². The molecule has 1 aromatic carbocycles. The normalized spacial score (nSPS) is 12.7. The lowest BCUT2D eigenvalue weighted by atomic mass is 9.93. The third kappa shape index (κ3) is 9.25. The predicted molar refractivity (Wildman–Crippen MR) is 108 cm³/mol. The molecule has 26 heavy (non-hydrogen) atoms. The van der Waals surface area contributed by atoms with E-state index in [4.69, 9.17) is 0 Å². The summed E-state index contributed by atoms with van der Waals surface area (Å²) in [5, 5.41) is 3.96. The Labute approximate surface area is 157 Å². The van der Waals surface area contributed by atoms with Crippen LogP contribution in [0.2, 0.25) is 0 Å². The molecule has 0 heterocycles. The second-order valence-electron chi connectivity index (χ2n) is 8.81. The van der Waals surface area contributed by atoms with Gasteiger partial charge < -0.3 is 0 Å². The Morgan fingerprint density at radius 2 is 1.54 bits per heavy atom. The maximum Gasteiger partial charge on any atom is 0.271 e. The SMILES string of the molecule is CC(C)(C)C/C=N/CC(=O)c1cccc(C(=O)N/N=C/CC(C)(C)C)c1. The van der Waals surface area contributed by atoms with E-state index in [0.717, 1.165) is 12.8 Å². The van der Waals surface area contributed by atoms with Gasteiger partial charge in [-0.25, -0.2) is 5.43 Å². The Kier molecular flexibility index (Phi) is 7.87. The van der Waals surface area contributed by atoms with E-state index >= 15 is 0 Å². The predicted octanol–water partition coefficient (Wildman–Crippen LogP) is 4.53. The van der Waals surface area contributed by atoms with Crippen LogP contribution in [-0.2, 0) is 0 Å². The topological polar surface area (TPSA) is 70.9 Å². The second-order valence-corrected chi connectivity index (χ2v) is 8.81. The Bertz CT molecular complexity index is 622. The molecule has 0 aliphatic heterocycles. The van der Waals surface area contributed by atoms with Crippen LogP contribution in [0.1, 0.15) is 75.1 Å². The molecule has 1 rings (SSSR count). The molecule has 0 unspecified atom stereocenters. The molecule has 0 aromatic heterocycles. The summed E-state index contributed by atoms with van der Waals surface area (Å²) >= 11 is 0. The number of ketones is 1. The summed E-state index contributed by atoms with van der Waals surface area (Å²) in [6.07, 6.45) is 5.06. The van der Waals surface area contributed by atoms with Gasteiger partial charge in [0.05, 0.1) is 0 Å². The average Bonchev–Trinajstić information content (AvgIpc) is 2.53. The van der Waals surface area contributed by atoms with Crippen LogP contribution < -0.4 is 5.43 Å². The highest BCUT2D eigenvalue weighted by Crippen LogP contribution is 2.16. The van der Waals surface area contributed by atoms with Crippen molar-refractivity contribution in [2.75, 3.05) is 6.54 Å². The summed E-state index contributed by atoms with van der Waals surface area (Å²) in [5.74, 6) is -0.443. The maximum absolute atomic E-state index is 12.2. The number of Topliss-reactive ketones (excluding diaryl/α,β-unsaturated/α-hetero) is 1. The summed E-state index contributed by atoms with van der Waals surface area (Å²) in [6, 6.07) is 6.63. The van der Waals surface area contributed by atoms with Gasteiger partial charge in [0.1, 0.15) is 6.54 Å². The van der Waals surface area contributed by atoms with Gasteiger partial charge >= 0.3 is 0 Å². The highest BCUT2D eigenvalue weighted by atomic mass is 16.2. The molecule has 0 fully saturated rings. The van der Waals surface area contributed by atoms with E-state index in [-0.39, 0.29) is 29.1 Å². The molecule has 0 aliphatic rings. The number of aliphatic imine (C=N–C) groups is 1. The molecule has 0 radical (unpaired) electrons. The number of nitrogens with zero attached hydrogens (tertiary/aromatic N) is 2. The van der Waals surface area contributed by atoms with Gasteiger partial charge in [-0.15, -0.1) is 0 Å². The summed E-state index contributed by atoms with van der Waals surface area (Å²) in [7, 11) is 0. The number of nitrogens with one attached hydrogen (secondary N) is 1. The van der Waals surface area contributed by atoms with Gasteiger partial charge in [-0.1, -0.05) is 53.7 Å². The zero-order chi connectivity index (χ0) is 19.8. The van der Waals surface area contributed by atoms with Crippen molar-refractivity contribution < 1.29 is 9.59 Å². The first-order valence-corrected chi connectivity index (χ1v) is 8.91. The van der Waals surface area contributed by atoms with Crippen molar-refractivity contribution in [3.05, 3.63) is 35.4 Å². The van der Waals surface area contributed by atoms with E-state index in [1.54, 1.807) is 36.7 Å². The van der Waals surface area contributed by atoms with Gasteiger partial charge in [0, 0.05) is 17.3 Å². The molecular weight excluding hydrogens is 326 g/mol. The molecule has 142 valence electrons. The first-order valence-electron chi connectivity index (χ1n) is 8.91. The van der Waals surface area contributed by atoms with Gasteiger partial charge in [-0.3, -0.25) is 14.6 Å². The molecule has 0 spiro atoms. The van der Waals surface area contributed by atoms with Crippen molar-refractivity contribution in [2.24, 2.45) is 20.9 Å². The Balaban J connectivity index is 2.63. The summed E-state index contributed by atoms with van der Waals surface area (Å²) < 4.78 is 0. The minimum Gasteiger partial charge on any atom is -0.292 e. The number of carbonyl (C=O) groups excluding carboxylic acids is 2. The van der Waals surface area contributed by atoms with Crippen LogP contribution >= 0.6 is 0 Å². The quantitative estimate of drug-likeness (QED) is 0.442. The molecule has 1 amide bonds. The number of amides is 1. The van der Waals surface area contributed by atoms with Crippen molar-refractivity contribution in [3.8, 4) is 0 Å². The molecule has 0 atom stereocenters. The number of rotatable bonds is 7. The second kappa shape index (κ2) is 9.41. The smallest absolute Gasteiger partial charge is 0.271 e. The van der Waals surface area contributed by atoms with Crippen LogP contribution in [0, 0.1) is 10.8 Å². The van der Waals surface area contributed by atoms with Crippen LogP contribution in [0.15, 0.2) is 34.4 Å². The lowest BCUT2D eigenvalue weighted by molar-refractivity contribution is 0.0955. The summed E-state index contributed by atoms with van der Waals surface area (Å²) in [6.45, 7) is 12.7. The van der Waals surface area contributed by atoms with Crippen molar-refractivity contribution in [1.82, 2.24) is 5.43 Å². The monoisotopic (exact) mass is 357 g/mol. The average molecular weight is 357 g/mol. The van der Waals surface area contributed by atoms with Gasteiger partial charge in [0.25, 0.3) is 5.91 Å². The molecule has 0 saturated heterocycles. The van der Waals surface area contributed by atoms with E-state index in [1.807, 2.05) is 0 Å². The van der Waals surface area contributed by atoms with Crippen LogP contribution in [-0.4, -0.2) is 30.7 Å². The zero-order valence-electron chi connectivity index (χ0n) is 16.8. The molecule has 0 bridgehead atoms. The standard InChI is InChI=1S/C21H31N3O2/c1-20(2,3)10-12-22-15-18(25)16-8-7-9-17(14-16)19(26)24-23-13-11-21(4,5)6/h7-9,12-14H,10-11,15H2,1-6H3,(H,24,26)/b22-12+,23-13+. The van der Waals surface area contributed by atoms with E-state index in [1.165, 1.54) is 0 Å². The molecule has 5 nitrogen and oxygen atoms in total.